The molecule has 27 heavy (non-hydrogen) atoms. The first-order valence-electron chi connectivity index (χ1n) is 8.05. The lowest BCUT2D eigenvalue weighted by molar-refractivity contribution is -0.385. The number of benzene rings is 1. The molecule has 0 fully saturated rings. The van der Waals surface area contributed by atoms with Crippen molar-refractivity contribution < 1.29 is 28.7 Å². The largest absolute Gasteiger partial charge is 0.496 e. The van der Waals surface area contributed by atoms with Crippen LogP contribution >= 0.6 is 0 Å². The first-order chi connectivity index (χ1) is 12.7. The van der Waals surface area contributed by atoms with Crippen LogP contribution in [0.25, 0.3) is 0 Å². The second kappa shape index (κ2) is 7.94. The standard InChI is InChI=1S/C17H21N3O7/c1-8(2)14-13(16(21)27-5)15(19-17(22)18-14)9-6-10(20(23)24)12(26-4)7-11(9)25-3/h6-8,15H,1-5H3,(H2,18,19,22). The van der Waals surface area contributed by atoms with Gasteiger partial charge < -0.3 is 24.8 Å². The zero-order valence-electron chi connectivity index (χ0n) is 15.6. The van der Waals surface area contributed by atoms with E-state index in [2.05, 4.69) is 10.6 Å². The van der Waals surface area contributed by atoms with E-state index in [0.717, 1.165) is 0 Å². The van der Waals surface area contributed by atoms with Crippen molar-refractivity contribution in [2.45, 2.75) is 19.9 Å². The van der Waals surface area contributed by atoms with Gasteiger partial charge in [0.1, 0.15) is 5.75 Å². The van der Waals surface area contributed by atoms with Crippen molar-refractivity contribution in [1.82, 2.24) is 10.6 Å². The van der Waals surface area contributed by atoms with E-state index < -0.39 is 23.0 Å². The number of nitrogens with one attached hydrogen (secondary N) is 2. The number of methoxy groups -OCH3 is 3. The zero-order valence-corrected chi connectivity index (χ0v) is 15.6. The molecule has 0 saturated heterocycles. The highest BCUT2D eigenvalue weighted by molar-refractivity contribution is 5.95. The summed E-state index contributed by atoms with van der Waals surface area (Å²) >= 11 is 0. The van der Waals surface area contributed by atoms with Gasteiger partial charge in [0.15, 0.2) is 0 Å². The Labute approximate surface area is 155 Å². The number of hydrogen-bond acceptors (Lipinski definition) is 7. The molecule has 146 valence electrons. The maximum absolute atomic E-state index is 12.4. The van der Waals surface area contributed by atoms with Crippen LogP contribution < -0.4 is 20.1 Å². The third kappa shape index (κ3) is 3.78. The number of allylic oxidation sites excluding steroid dienone is 1. The van der Waals surface area contributed by atoms with Crippen LogP contribution in [-0.4, -0.2) is 38.3 Å². The van der Waals surface area contributed by atoms with Gasteiger partial charge in [0.05, 0.1) is 37.9 Å². The Bertz CT molecular complexity index is 817. The molecule has 2 amide bonds. The summed E-state index contributed by atoms with van der Waals surface area (Å²) in [6.45, 7) is 3.60. The Morgan fingerprint density at radius 1 is 1.19 bits per heavy atom. The van der Waals surface area contributed by atoms with E-state index in [1.54, 1.807) is 13.8 Å². The molecule has 1 atom stereocenters. The Morgan fingerprint density at radius 3 is 2.30 bits per heavy atom. The van der Waals surface area contributed by atoms with Gasteiger partial charge in [-0.3, -0.25) is 10.1 Å². The molecule has 0 aromatic heterocycles. The predicted molar refractivity (Wildman–Crippen MR) is 94.5 cm³/mol. The van der Waals surface area contributed by atoms with Crippen LogP contribution in [0, 0.1) is 16.0 Å². The maximum Gasteiger partial charge on any atom is 0.337 e. The van der Waals surface area contributed by atoms with E-state index in [1.165, 1.54) is 33.5 Å². The topological polar surface area (TPSA) is 129 Å². The molecular formula is C17H21N3O7. The van der Waals surface area contributed by atoms with Crippen molar-refractivity contribution in [3.8, 4) is 11.5 Å². The highest BCUT2D eigenvalue weighted by atomic mass is 16.6. The summed E-state index contributed by atoms with van der Waals surface area (Å²) < 4.78 is 15.2. The molecule has 10 heteroatoms. The summed E-state index contributed by atoms with van der Waals surface area (Å²) in [5.41, 5.74) is 0.427. The Kier molecular flexibility index (Phi) is 5.88. The molecule has 2 rings (SSSR count). The number of nitro benzene ring substituents is 1. The molecule has 1 aromatic rings. The molecule has 0 spiro atoms. The highest BCUT2D eigenvalue weighted by Crippen LogP contribution is 2.41. The van der Waals surface area contributed by atoms with Crippen molar-refractivity contribution in [2.24, 2.45) is 5.92 Å². The van der Waals surface area contributed by atoms with E-state index in [0.29, 0.717) is 5.70 Å². The minimum Gasteiger partial charge on any atom is -0.496 e. The molecule has 0 bridgehead atoms. The second-order valence-electron chi connectivity index (χ2n) is 6.03. The number of ether oxygens (including phenoxy) is 3. The number of esters is 1. The van der Waals surface area contributed by atoms with E-state index in [9.17, 15) is 19.7 Å². The molecule has 2 N–H and O–H groups in total. The van der Waals surface area contributed by atoms with E-state index >= 15 is 0 Å². The van der Waals surface area contributed by atoms with E-state index in [4.69, 9.17) is 14.2 Å². The molecule has 1 aromatic carbocycles. The zero-order chi connectivity index (χ0) is 20.3. The van der Waals surface area contributed by atoms with Gasteiger partial charge in [-0.05, 0) is 5.92 Å². The molecule has 0 aliphatic carbocycles. The summed E-state index contributed by atoms with van der Waals surface area (Å²) in [6.07, 6.45) is 0. The van der Waals surface area contributed by atoms with Crippen LogP contribution in [0.4, 0.5) is 10.5 Å². The molecule has 1 aliphatic heterocycles. The fraction of sp³-hybridized carbons (Fsp3) is 0.412. The van der Waals surface area contributed by atoms with Crippen molar-refractivity contribution in [2.75, 3.05) is 21.3 Å². The number of carbonyl (C=O) groups excluding carboxylic acids is 2. The number of hydrogen-bond donors (Lipinski definition) is 2. The Hall–Kier alpha value is -3.30. The van der Waals surface area contributed by atoms with Crippen LogP contribution in [0.15, 0.2) is 23.4 Å². The average molecular weight is 379 g/mol. The van der Waals surface area contributed by atoms with Gasteiger partial charge in [-0.25, -0.2) is 9.59 Å². The first kappa shape index (κ1) is 20.0. The Morgan fingerprint density at radius 2 is 1.81 bits per heavy atom. The maximum atomic E-state index is 12.4. The smallest absolute Gasteiger partial charge is 0.337 e. The lowest BCUT2D eigenvalue weighted by Crippen LogP contribution is -2.47. The van der Waals surface area contributed by atoms with Crippen molar-refractivity contribution in [3.63, 3.8) is 0 Å². The molecular weight excluding hydrogens is 358 g/mol. The lowest BCUT2D eigenvalue weighted by atomic mass is 9.90. The van der Waals surface area contributed by atoms with Crippen LogP contribution in [0.3, 0.4) is 0 Å². The number of carbonyl (C=O) groups is 2. The van der Waals surface area contributed by atoms with E-state index in [-0.39, 0.29) is 34.2 Å². The van der Waals surface area contributed by atoms with Crippen molar-refractivity contribution in [3.05, 3.63) is 39.1 Å². The van der Waals surface area contributed by atoms with E-state index in [1.807, 2.05) is 0 Å². The normalized spacial score (nSPS) is 16.5. The van der Waals surface area contributed by atoms with Crippen molar-refractivity contribution >= 4 is 17.7 Å². The number of rotatable bonds is 6. The first-order valence-corrected chi connectivity index (χ1v) is 8.05. The third-order valence-electron chi connectivity index (χ3n) is 4.12. The fourth-order valence-electron chi connectivity index (χ4n) is 2.89. The highest BCUT2D eigenvalue weighted by Gasteiger charge is 2.37. The molecule has 10 nitrogen and oxygen atoms in total. The monoisotopic (exact) mass is 379 g/mol. The molecule has 0 radical (unpaired) electrons. The van der Waals surface area contributed by atoms with Gasteiger partial charge in [-0.2, -0.15) is 0 Å². The van der Waals surface area contributed by atoms with Gasteiger partial charge in [0, 0.05) is 23.4 Å². The molecule has 1 heterocycles. The van der Waals surface area contributed by atoms with Crippen LogP contribution in [0.1, 0.15) is 25.5 Å². The third-order valence-corrected chi connectivity index (χ3v) is 4.12. The quantitative estimate of drug-likeness (QED) is 0.439. The minimum absolute atomic E-state index is 0.00598. The summed E-state index contributed by atoms with van der Waals surface area (Å²) in [5.74, 6) is -0.661. The summed E-state index contributed by atoms with van der Waals surface area (Å²) in [5, 5.41) is 16.6. The van der Waals surface area contributed by atoms with Gasteiger partial charge in [0.25, 0.3) is 0 Å². The van der Waals surface area contributed by atoms with Crippen LogP contribution in [0.2, 0.25) is 0 Å². The van der Waals surface area contributed by atoms with Gasteiger partial charge in [-0.15, -0.1) is 0 Å². The SMILES string of the molecule is COC(=O)C1=C(C(C)C)NC(=O)NC1c1cc([N+](=O)[O-])c(OC)cc1OC. The number of urea groups is 1. The molecule has 1 unspecified atom stereocenters. The van der Waals surface area contributed by atoms with Gasteiger partial charge in [0.2, 0.25) is 5.75 Å². The van der Waals surface area contributed by atoms with Crippen molar-refractivity contribution in [1.29, 1.82) is 0 Å². The Balaban J connectivity index is 2.78. The number of nitrogens with zero attached hydrogens (tertiary/aromatic N) is 1. The van der Waals surface area contributed by atoms with Crippen LogP contribution in [-0.2, 0) is 9.53 Å². The summed E-state index contributed by atoms with van der Waals surface area (Å²) in [4.78, 5) is 35.4. The van der Waals surface area contributed by atoms with Crippen LogP contribution in [0.5, 0.6) is 11.5 Å². The fourth-order valence-corrected chi connectivity index (χ4v) is 2.89. The minimum atomic E-state index is -0.997. The molecule has 0 saturated carbocycles. The number of amides is 2. The number of nitro groups is 1. The summed E-state index contributed by atoms with van der Waals surface area (Å²) in [6, 6.07) is 1.01. The average Bonchev–Trinajstić information content (AvgIpc) is 2.65. The molecule has 1 aliphatic rings. The lowest BCUT2D eigenvalue weighted by Gasteiger charge is -2.31. The van der Waals surface area contributed by atoms with Gasteiger partial charge in [-0.1, -0.05) is 13.8 Å². The second-order valence-corrected chi connectivity index (χ2v) is 6.03. The predicted octanol–water partition coefficient (Wildman–Crippen LogP) is 2.05. The summed E-state index contributed by atoms with van der Waals surface area (Å²) in [7, 11) is 3.89. The van der Waals surface area contributed by atoms with Gasteiger partial charge >= 0.3 is 17.7 Å².